The topological polar surface area (TPSA) is 90.0 Å². The van der Waals surface area contributed by atoms with Crippen molar-refractivity contribution in [1.29, 1.82) is 0 Å². The molecule has 2 unspecified atom stereocenters. The highest BCUT2D eigenvalue weighted by molar-refractivity contribution is 7.22. The number of hydrogen-bond donors (Lipinski definition) is 2. The standard InChI is InChI=1S/C21H21Cl2N7OS/c1-11-4-6-30(9-16(11)29(2)19-12-3-5-24-18(12)25-10-26-19)21(31)28-20-27-15-7-13(22)14(23)8-17(15)32-20/h3,5,7-8,10-11,16H,4,6,9H2,1-2H3,(H,24,25,26)(H,27,28,31). The molecule has 166 valence electrons. The number of nitrogens with one attached hydrogen (secondary N) is 2. The summed E-state index contributed by atoms with van der Waals surface area (Å²) < 4.78 is 0.874. The Bertz CT molecular complexity index is 1270. The average Bonchev–Trinajstić information content (AvgIpc) is 3.40. The maximum atomic E-state index is 13.0. The second-order valence-electron chi connectivity index (χ2n) is 8.01. The molecule has 5 rings (SSSR count). The van der Waals surface area contributed by atoms with Gasteiger partial charge in [0.05, 0.1) is 31.7 Å². The fourth-order valence-corrected chi connectivity index (χ4v) is 5.44. The molecule has 4 heterocycles. The first-order chi connectivity index (χ1) is 15.4. The number of hydrogen-bond acceptors (Lipinski definition) is 6. The van der Waals surface area contributed by atoms with Crippen molar-refractivity contribution in [1.82, 2.24) is 24.8 Å². The lowest BCUT2D eigenvalue weighted by Crippen LogP contribution is -2.53. The summed E-state index contributed by atoms with van der Waals surface area (Å²) in [5.74, 6) is 1.26. The second kappa shape index (κ2) is 8.38. The smallest absolute Gasteiger partial charge is 0.323 e. The van der Waals surface area contributed by atoms with Crippen LogP contribution in [0, 0.1) is 5.92 Å². The summed E-state index contributed by atoms with van der Waals surface area (Å²) in [5, 5.41) is 5.35. The van der Waals surface area contributed by atoms with Gasteiger partial charge in [0, 0.05) is 26.3 Å². The van der Waals surface area contributed by atoms with Gasteiger partial charge in [-0.3, -0.25) is 5.32 Å². The van der Waals surface area contributed by atoms with Crippen LogP contribution in [0.5, 0.6) is 0 Å². The van der Waals surface area contributed by atoms with Gasteiger partial charge >= 0.3 is 6.03 Å². The minimum Gasteiger partial charge on any atom is -0.354 e. The molecule has 11 heteroatoms. The summed E-state index contributed by atoms with van der Waals surface area (Å²) in [5.41, 5.74) is 1.51. The summed E-state index contributed by atoms with van der Waals surface area (Å²) in [7, 11) is 2.03. The lowest BCUT2D eigenvalue weighted by atomic mass is 9.92. The summed E-state index contributed by atoms with van der Waals surface area (Å²) >= 11 is 13.6. The Labute approximate surface area is 198 Å². The first kappa shape index (κ1) is 21.2. The highest BCUT2D eigenvalue weighted by Gasteiger charge is 2.33. The third-order valence-corrected chi connectivity index (χ3v) is 7.67. The number of likely N-dealkylation sites (tertiary alicyclic amines) is 1. The molecule has 2 N–H and O–H groups in total. The molecule has 32 heavy (non-hydrogen) atoms. The van der Waals surface area contributed by atoms with Gasteiger partial charge in [0.15, 0.2) is 5.13 Å². The van der Waals surface area contributed by atoms with Gasteiger partial charge in [-0.15, -0.1) is 0 Å². The maximum Gasteiger partial charge on any atom is 0.323 e. The molecule has 0 aliphatic carbocycles. The van der Waals surface area contributed by atoms with E-state index in [0.717, 1.165) is 28.0 Å². The van der Waals surface area contributed by atoms with Gasteiger partial charge in [-0.25, -0.2) is 19.7 Å². The van der Waals surface area contributed by atoms with Crippen LogP contribution in [-0.4, -0.2) is 57.0 Å². The van der Waals surface area contributed by atoms with E-state index in [1.165, 1.54) is 11.3 Å². The molecule has 0 radical (unpaired) electrons. The van der Waals surface area contributed by atoms with Gasteiger partial charge in [-0.05, 0) is 30.5 Å². The molecule has 2 amide bonds. The van der Waals surface area contributed by atoms with Crippen molar-refractivity contribution in [2.45, 2.75) is 19.4 Å². The predicted molar refractivity (Wildman–Crippen MR) is 130 cm³/mol. The Balaban J connectivity index is 1.33. The molecule has 1 saturated heterocycles. The average molecular weight is 490 g/mol. The number of fused-ring (bicyclic) bond motifs is 2. The van der Waals surface area contributed by atoms with Gasteiger partial charge in [-0.2, -0.15) is 0 Å². The fourth-order valence-electron chi connectivity index (χ4n) is 4.18. The minimum atomic E-state index is -0.166. The Morgan fingerprint density at radius 1 is 1.31 bits per heavy atom. The third kappa shape index (κ3) is 3.85. The number of H-pyrrole nitrogens is 1. The van der Waals surface area contributed by atoms with E-state index in [0.29, 0.717) is 39.7 Å². The lowest BCUT2D eigenvalue weighted by Gasteiger charge is -2.42. The second-order valence-corrected chi connectivity index (χ2v) is 9.86. The van der Waals surface area contributed by atoms with Gasteiger partial charge in [0.1, 0.15) is 17.8 Å². The van der Waals surface area contributed by atoms with Crippen LogP contribution < -0.4 is 10.2 Å². The molecule has 0 spiro atoms. The number of rotatable bonds is 3. The number of thiazole rings is 1. The number of urea groups is 1. The summed E-state index contributed by atoms with van der Waals surface area (Å²) in [4.78, 5) is 33.4. The number of anilines is 2. The maximum absolute atomic E-state index is 13.0. The normalized spacial score (nSPS) is 18.9. The molecule has 3 aromatic heterocycles. The molecule has 1 aliphatic heterocycles. The Kier molecular flexibility index (Phi) is 5.56. The molecular weight excluding hydrogens is 469 g/mol. The summed E-state index contributed by atoms with van der Waals surface area (Å²) in [6, 6.07) is 5.41. The van der Waals surface area contributed by atoms with Crippen LogP contribution in [0.2, 0.25) is 10.0 Å². The fraction of sp³-hybridized carbons (Fsp3) is 0.333. The van der Waals surface area contributed by atoms with Crippen molar-refractivity contribution in [2.75, 3.05) is 30.4 Å². The van der Waals surface area contributed by atoms with Crippen molar-refractivity contribution in [3.63, 3.8) is 0 Å². The monoisotopic (exact) mass is 489 g/mol. The predicted octanol–water partition coefficient (Wildman–Crippen LogP) is 5.25. The number of likely N-dealkylation sites (N-methyl/N-ethyl adjacent to an activating group) is 1. The molecular formula is C21H21Cl2N7OS. The zero-order chi connectivity index (χ0) is 22.4. The number of nitrogens with zero attached hydrogens (tertiary/aromatic N) is 5. The lowest BCUT2D eigenvalue weighted by molar-refractivity contribution is 0.172. The van der Waals surface area contributed by atoms with Crippen LogP contribution in [0.3, 0.4) is 0 Å². The molecule has 1 aromatic carbocycles. The van der Waals surface area contributed by atoms with Crippen molar-refractivity contribution < 1.29 is 4.79 Å². The minimum absolute atomic E-state index is 0.121. The van der Waals surface area contributed by atoms with Crippen LogP contribution in [0.25, 0.3) is 21.3 Å². The Morgan fingerprint density at radius 2 is 2.12 bits per heavy atom. The van der Waals surface area contributed by atoms with E-state index >= 15 is 0 Å². The SMILES string of the molecule is CC1CCN(C(=O)Nc2nc3cc(Cl)c(Cl)cc3s2)CC1N(C)c1ncnc2[nH]ccc12. The van der Waals surface area contributed by atoms with Crippen LogP contribution in [0.15, 0.2) is 30.7 Å². The van der Waals surface area contributed by atoms with E-state index < -0.39 is 0 Å². The highest BCUT2D eigenvalue weighted by Crippen LogP contribution is 2.33. The molecule has 1 fully saturated rings. The van der Waals surface area contributed by atoms with Crippen LogP contribution in [-0.2, 0) is 0 Å². The molecule has 8 nitrogen and oxygen atoms in total. The quantitative estimate of drug-likeness (QED) is 0.409. The number of carbonyl (C=O) groups is 1. The highest BCUT2D eigenvalue weighted by atomic mass is 35.5. The largest absolute Gasteiger partial charge is 0.354 e. The number of aromatic nitrogens is 4. The van der Waals surface area contributed by atoms with Crippen molar-refractivity contribution in [3.05, 3.63) is 40.8 Å². The number of carbonyl (C=O) groups excluding carboxylic acids is 1. The number of halogens is 2. The van der Waals surface area contributed by atoms with Crippen LogP contribution >= 0.6 is 34.5 Å². The summed E-state index contributed by atoms with van der Waals surface area (Å²) in [6.07, 6.45) is 4.32. The molecule has 4 aromatic rings. The molecule has 1 aliphatic rings. The third-order valence-electron chi connectivity index (χ3n) is 6.01. The zero-order valence-electron chi connectivity index (χ0n) is 17.5. The van der Waals surface area contributed by atoms with Gasteiger partial charge in [0.25, 0.3) is 0 Å². The number of aromatic amines is 1. The zero-order valence-corrected chi connectivity index (χ0v) is 19.8. The van der Waals surface area contributed by atoms with Gasteiger partial charge < -0.3 is 14.8 Å². The van der Waals surface area contributed by atoms with Crippen molar-refractivity contribution >= 4 is 72.8 Å². The van der Waals surface area contributed by atoms with E-state index in [-0.39, 0.29) is 12.1 Å². The molecule has 2 atom stereocenters. The first-order valence-electron chi connectivity index (χ1n) is 10.2. The van der Waals surface area contributed by atoms with E-state index in [2.05, 4.69) is 37.1 Å². The Hall–Kier alpha value is -2.62. The van der Waals surface area contributed by atoms with Gasteiger partial charge in [-0.1, -0.05) is 41.5 Å². The Morgan fingerprint density at radius 3 is 2.97 bits per heavy atom. The van der Waals surface area contributed by atoms with E-state index in [9.17, 15) is 4.79 Å². The van der Waals surface area contributed by atoms with Crippen LogP contribution in [0.4, 0.5) is 15.7 Å². The van der Waals surface area contributed by atoms with Crippen molar-refractivity contribution in [2.24, 2.45) is 5.92 Å². The van der Waals surface area contributed by atoms with Crippen molar-refractivity contribution in [3.8, 4) is 0 Å². The van der Waals surface area contributed by atoms with E-state index in [1.54, 1.807) is 18.5 Å². The number of benzene rings is 1. The van der Waals surface area contributed by atoms with E-state index in [4.69, 9.17) is 23.2 Å². The number of amides is 2. The van der Waals surface area contributed by atoms with Gasteiger partial charge in [0.2, 0.25) is 0 Å². The molecule has 0 saturated carbocycles. The first-order valence-corrected chi connectivity index (χ1v) is 11.8. The summed E-state index contributed by atoms with van der Waals surface area (Å²) in [6.45, 7) is 3.48. The molecule has 0 bridgehead atoms. The van der Waals surface area contributed by atoms with E-state index in [1.807, 2.05) is 24.2 Å². The number of piperidine rings is 1. The van der Waals surface area contributed by atoms with Crippen LogP contribution in [0.1, 0.15) is 13.3 Å².